The minimum atomic E-state index is -0.212. The lowest BCUT2D eigenvalue weighted by Gasteiger charge is -2.37. The van der Waals surface area contributed by atoms with Crippen LogP contribution in [0.25, 0.3) is 0 Å². The van der Waals surface area contributed by atoms with Crippen molar-refractivity contribution in [1.29, 1.82) is 0 Å². The first-order valence-corrected chi connectivity index (χ1v) is 12.6. The summed E-state index contributed by atoms with van der Waals surface area (Å²) in [7, 11) is 0. The zero-order valence-electron chi connectivity index (χ0n) is 18.9. The number of hydrogen-bond acceptors (Lipinski definition) is 5. The number of fused-ring (bicyclic) bond motifs is 1. The number of benzene rings is 2. The predicted octanol–water partition coefficient (Wildman–Crippen LogP) is 4.21. The normalized spacial score (nSPS) is 19.5. The lowest BCUT2D eigenvalue weighted by atomic mass is 9.88. The molecule has 1 fully saturated rings. The van der Waals surface area contributed by atoms with Gasteiger partial charge in [0.2, 0.25) is 0 Å². The monoisotopic (exact) mass is 476 g/mol. The summed E-state index contributed by atoms with van der Waals surface area (Å²) in [5, 5.41) is 4.82. The third kappa shape index (κ3) is 5.00. The van der Waals surface area contributed by atoms with Crippen LogP contribution < -0.4 is 10.1 Å². The standard InChI is InChI=1S/C27H28N2O4S/c30-25(28-17-22-8-4-14-32-22)18-33-21-11-10-19-12-13-29(27(31)24-9-5-15-34-24)26(23(19)16-21)20-6-2-1-3-7-20/h1-3,5-7,9-11,15-16,22,26H,4,8,12-14,17-18H2,(H,28,30). The van der Waals surface area contributed by atoms with E-state index in [-0.39, 0.29) is 30.6 Å². The molecule has 0 aliphatic carbocycles. The Balaban J connectivity index is 1.35. The van der Waals surface area contributed by atoms with Crippen molar-refractivity contribution >= 4 is 23.2 Å². The fourth-order valence-corrected chi connectivity index (χ4v) is 5.35. The molecule has 1 N–H and O–H groups in total. The number of thiophene rings is 1. The van der Waals surface area contributed by atoms with Gasteiger partial charge in [0, 0.05) is 19.7 Å². The van der Waals surface area contributed by atoms with E-state index in [9.17, 15) is 9.59 Å². The van der Waals surface area contributed by atoms with Gasteiger partial charge in [-0.15, -0.1) is 11.3 Å². The Kier molecular flexibility index (Phi) is 6.92. The molecule has 7 heteroatoms. The highest BCUT2D eigenvalue weighted by Gasteiger charge is 2.33. The summed E-state index contributed by atoms with van der Waals surface area (Å²) < 4.78 is 11.4. The van der Waals surface area contributed by atoms with Gasteiger partial charge in [0.1, 0.15) is 5.75 Å². The van der Waals surface area contributed by atoms with Crippen molar-refractivity contribution in [1.82, 2.24) is 10.2 Å². The number of nitrogens with zero attached hydrogens (tertiary/aromatic N) is 1. The molecule has 1 saturated heterocycles. The van der Waals surface area contributed by atoms with Crippen LogP contribution in [0, 0.1) is 0 Å². The second kappa shape index (κ2) is 10.4. The molecule has 0 radical (unpaired) electrons. The molecule has 3 aromatic rings. The fraction of sp³-hybridized carbons (Fsp3) is 0.333. The summed E-state index contributed by atoms with van der Waals surface area (Å²) in [5.74, 6) is 0.494. The second-order valence-corrected chi connectivity index (χ2v) is 9.58. The van der Waals surface area contributed by atoms with Crippen LogP contribution in [-0.4, -0.2) is 49.1 Å². The van der Waals surface area contributed by atoms with Crippen molar-refractivity contribution in [3.63, 3.8) is 0 Å². The maximum atomic E-state index is 13.4. The third-order valence-corrected chi connectivity index (χ3v) is 7.23. The van der Waals surface area contributed by atoms with Crippen molar-refractivity contribution in [3.05, 3.63) is 87.6 Å². The van der Waals surface area contributed by atoms with Gasteiger partial charge >= 0.3 is 0 Å². The smallest absolute Gasteiger partial charge is 0.264 e. The number of amides is 2. The number of ether oxygens (including phenoxy) is 2. The Hall–Kier alpha value is -3.16. The highest BCUT2D eigenvalue weighted by Crippen LogP contribution is 2.38. The minimum absolute atomic E-state index is 0.0364. The van der Waals surface area contributed by atoms with Crippen LogP contribution in [0.5, 0.6) is 5.75 Å². The highest BCUT2D eigenvalue weighted by atomic mass is 32.1. The van der Waals surface area contributed by atoms with Crippen molar-refractivity contribution in [2.24, 2.45) is 0 Å². The quantitative estimate of drug-likeness (QED) is 0.555. The molecule has 6 nitrogen and oxygen atoms in total. The lowest BCUT2D eigenvalue weighted by Crippen LogP contribution is -2.40. The molecule has 5 rings (SSSR count). The van der Waals surface area contributed by atoms with Gasteiger partial charge in [-0.2, -0.15) is 0 Å². The Morgan fingerprint density at radius 1 is 1.12 bits per heavy atom. The van der Waals surface area contributed by atoms with E-state index in [1.807, 2.05) is 52.7 Å². The molecule has 0 spiro atoms. The first-order chi connectivity index (χ1) is 16.7. The molecule has 3 heterocycles. The summed E-state index contributed by atoms with van der Waals surface area (Å²) in [4.78, 5) is 28.3. The third-order valence-electron chi connectivity index (χ3n) is 6.37. The minimum Gasteiger partial charge on any atom is -0.484 e. The fourth-order valence-electron chi connectivity index (χ4n) is 4.67. The van der Waals surface area contributed by atoms with E-state index in [4.69, 9.17) is 9.47 Å². The summed E-state index contributed by atoms with van der Waals surface area (Å²) in [5.41, 5.74) is 3.29. The molecule has 2 aliphatic heterocycles. The average Bonchev–Trinajstić information content (AvgIpc) is 3.60. The molecule has 1 aromatic heterocycles. The first kappa shape index (κ1) is 22.6. The van der Waals surface area contributed by atoms with E-state index < -0.39 is 0 Å². The Morgan fingerprint density at radius 2 is 2.00 bits per heavy atom. The Morgan fingerprint density at radius 3 is 2.76 bits per heavy atom. The highest BCUT2D eigenvalue weighted by molar-refractivity contribution is 7.12. The largest absolute Gasteiger partial charge is 0.484 e. The molecule has 34 heavy (non-hydrogen) atoms. The van der Waals surface area contributed by atoms with Gasteiger partial charge in [0.25, 0.3) is 11.8 Å². The Bertz CT molecular complexity index is 1130. The van der Waals surface area contributed by atoms with Crippen LogP contribution >= 0.6 is 11.3 Å². The van der Waals surface area contributed by atoms with Gasteiger partial charge in [-0.05, 0) is 59.5 Å². The summed E-state index contributed by atoms with van der Waals surface area (Å²) >= 11 is 1.46. The zero-order chi connectivity index (χ0) is 23.3. The van der Waals surface area contributed by atoms with E-state index >= 15 is 0 Å². The van der Waals surface area contributed by atoms with Gasteiger partial charge in [0.05, 0.1) is 17.0 Å². The SMILES string of the molecule is O=C(COc1ccc2c(c1)C(c1ccccc1)N(C(=O)c1cccs1)CC2)NCC1CCCO1. The van der Waals surface area contributed by atoms with Crippen LogP contribution in [0.15, 0.2) is 66.0 Å². The van der Waals surface area contributed by atoms with Gasteiger partial charge < -0.3 is 19.7 Å². The lowest BCUT2D eigenvalue weighted by molar-refractivity contribution is -0.123. The molecule has 176 valence electrons. The van der Waals surface area contributed by atoms with Crippen molar-refractivity contribution in [2.45, 2.75) is 31.4 Å². The van der Waals surface area contributed by atoms with E-state index in [1.54, 1.807) is 0 Å². The van der Waals surface area contributed by atoms with E-state index in [0.717, 1.165) is 41.9 Å². The van der Waals surface area contributed by atoms with Crippen molar-refractivity contribution < 1.29 is 19.1 Å². The molecule has 0 saturated carbocycles. The topological polar surface area (TPSA) is 67.9 Å². The maximum Gasteiger partial charge on any atom is 0.264 e. The first-order valence-electron chi connectivity index (χ1n) is 11.7. The van der Waals surface area contributed by atoms with Gasteiger partial charge in [0.15, 0.2) is 6.61 Å². The zero-order valence-corrected chi connectivity index (χ0v) is 19.8. The van der Waals surface area contributed by atoms with Crippen LogP contribution in [0.4, 0.5) is 0 Å². The van der Waals surface area contributed by atoms with Gasteiger partial charge in [-0.25, -0.2) is 0 Å². The van der Waals surface area contributed by atoms with Crippen LogP contribution in [0.3, 0.4) is 0 Å². The molecule has 0 bridgehead atoms. The van der Waals surface area contributed by atoms with Crippen LogP contribution in [0.1, 0.15) is 45.2 Å². The predicted molar refractivity (Wildman–Crippen MR) is 131 cm³/mol. The molecule has 2 atom stereocenters. The number of hydrogen-bond donors (Lipinski definition) is 1. The van der Waals surface area contributed by atoms with Gasteiger partial charge in [-0.1, -0.05) is 42.5 Å². The van der Waals surface area contributed by atoms with Crippen LogP contribution in [-0.2, 0) is 16.0 Å². The summed E-state index contributed by atoms with van der Waals surface area (Å²) in [6, 6.07) is 19.6. The summed E-state index contributed by atoms with van der Waals surface area (Å²) in [6.07, 6.45) is 2.90. The number of carbonyl (C=O) groups excluding carboxylic acids is 2. The van der Waals surface area contributed by atoms with Crippen molar-refractivity contribution in [3.8, 4) is 5.75 Å². The number of rotatable bonds is 7. The van der Waals surface area contributed by atoms with E-state index in [2.05, 4.69) is 23.5 Å². The van der Waals surface area contributed by atoms with Crippen molar-refractivity contribution in [2.75, 3.05) is 26.3 Å². The number of carbonyl (C=O) groups is 2. The molecule has 2 amide bonds. The molecule has 2 aromatic carbocycles. The van der Waals surface area contributed by atoms with Crippen LogP contribution in [0.2, 0.25) is 0 Å². The van der Waals surface area contributed by atoms with E-state index in [0.29, 0.717) is 18.8 Å². The Labute approximate surface area is 203 Å². The molecule has 2 aliphatic rings. The van der Waals surface area contributed by atoms with E-state index in [1.165, 1.54) is 16.9 Å². The second-order valence-electron chi connectivity index (χ2n) is 8.63. The van der Waals surface area contributed by atoms with Gasteiger partial charge in [-0.3, -0.25) is 9.59 Å². The maximum absolute atomic E-state index is 13.4. The number of nitrogens with one attached hydrogen (secondary N) is 1. The molecular weight excluding hydrogens is 448 g/mol. The molecule has 2 unspecified atom stereocenters. The average molecular weight is 477 g/mol. The molecular formula is C27H28N2O4S. The summed E-state index contributed by atoms with van der Waals surface area (Å²) in [6.45, 7) is 1.87.